The predicted molar refractivity (Wildman–Crippen MR) is 142 cm³/mol. The molecule has 0 aliphatic carbocycles. The van der Waals surface area contributed by atoms with Crippen molar-refractivity contribution >= 4 is 50.1 Å². The fourth-order valence-electron chi connectivity index (χ4n) is 4.65. The Hall–Kier alpha value is -4.53. The maximum Gasteiger partial charge on any atom is 0.490 e. The molecule has 0 atom stereocenters. The van der Waals surface area contributed by atoms with Crippen LogP contribution in [0.25, 0.3) is 43.5 Å². The van der Waals surface area contributed by atoms with Crippen molar-refractivity contribution < 1.29 is 36.7 Å². The number of alkyl halides is 3. The summed E-state index contributed by atoms with van der Waals surface area (Å²) >= 11 is 1.29. The average molecular weight is 591 g/mol. The van der Waals surface area contributed by atoms with Gasteiger partial charge in [0, 0.05) is 71.4 Å². The summed E-state index contributed by atoms with van der Waals surface area (Å²) in [4.78, 5) is 30.5. The summed E-state index contributed by atoms with van der Waals surface area (Å²) in [5, 5.41) is 15.2. The van der Waals surface area contributed by atoms with Crippen LogP contribution in [0.4, 0.5) is 23.4 Å². The molecule has 41 heavy (non-hydrogen) atoms. The first-order valence-electron chi connectivity index (χ1n) is 12.2. The van der Waals surface area contributed by atoms with E-state index in [-0.39, 0.29) is 11.9 Å². The molecule has 1 fully saturated rings. The van der Waals surface area contributed by atoms with Gasteiger partial charge in [-0.05, 0) is 25.0 Å². The third kappa shape index (κ3) is 5.57. The number of rotatable bonds is 3. The number of thiophene rings is 1. The van der Waals surface area contributed by atoms with Crippen LogP contribution in [0, 0.1) is 5.95 Å². The van der Waals surface area contributed by atoms with Gasteiger partial charge in [-0.15, -0.1) is 11.3 Å². The quantitative estimate of drug-likeness (QED) is 0.207. The lowest BCUT2D eigenvalue weighted by molar-refractivity contribution is -0.192. The monoisotopic (exact) mass is 590 g/mol. The normalized spacial score (nSPS) is 14.3. The summed E-state index contributed by atoms with van der Waals surface area (Å²) in [6, 6.07) is 3.94. The standard InChI is InChI=1S/C24H21FN6O2S.C2HF3O2/c1-13(32)30-6-3-15(4-7-30)31-11-14(9-29-31)18-10-28-24(26)21-17(18)8-20(33-21)19-12-34-22-16(19)2-5-27-23(22)25;3-2(4,5)1(6)7/h2,5,8-12,15H,3-4,6-7H2,1H3,(H2,26,28);(H,6,7). The molecule has 0 unspecified atom stereocenters. The smallest absolute Gasteiger partial charge is 0.475 e. The van der Waals surface area contributed by atoms with Gasteiger partial charge in [0.15, 0.2) is 11.4 Å². The number of nitrogen functional groups attached to an aromatic ring is 1. The molecule has 5 aromatic heterocycles. The predicted octanol–water partition coefficient (Wildman–Crippen LogP) is 5.51. The summed E-state index contributed by atoms with van der Waals surface area (Å²) in [6.07, 6.45) is 3.65. The molecule has 0 aromatic carbocycles. The number of nitrogens with two attached hydrogens (primary N) is 1. The Labute approximate surface area is 233 Å². The van der Waals surface area contributed by atoms with Crippen LogP contribution in [0.5, 0.6) is 0 Å². The number of carbonyl (C=O) groups excluding carboxylic acids is 1. The molecule has 3 N–H and O–H groups in total. The van der Waals surface area contributed by atoms with Gasteiger partial charge in [0.25, 0.3) is 0 Å². The third-order valence-electron chi connectivity index (χ3n) is 6.74. The van der Waals surface area contributed by atoms with Crippen molar-refractivity contribution in [1.82, 2.24) is 24.6 Å². The molecule has 6 rings (SSSR count). The lowest BCUT2D eigenvalue weighted by atomic mass is 10.0. The highest BCUT2D eigenvalue weighted by Gasteiger charge is 2.38. The number of carboxylic acids is 1. The average Bonchev–Trinajstić information content (AvgIpc) is 3.68. The Kier molecular flexibility index (Phi) is 7.38. The number of aromatic nitrogens is 4. The van der Waals surface area contributed by atoms with E-state index in [1.54, 1.807) is 19.2 Å². The van der Waals surface area contributed by atoms with Crippen molar-refractivity contribution in [2.24, 2.45) is 0 Å². The van der Waals surface area contributed by atoms with E-state index >= 15 is 0 Å². The van der Waals surface area contributed by atoms with E-state index in [1.807, 2.05) is 33.4 Å². The Bertz CT molecular complexity index is 1750. The van der Waals surface area contributed by atoms with Crippen LogP contribution in [-0.4, -0.2) is 60.9 Å². The third-order valence-corrected chi connectivity index (χ3v) is 7.72. The van der Waals surface area contributed by atoms with Crippen molar-refractivity contribution in [2.75, 3.05) is 18.8 Å². The van der Waals surface area contributed by atoms with E-state index in [0.717, 1.165) is 53.4 Å². The van der Waals surface area contributed by atoms with Gasteiger partial charge in [0.05, 0.1) is 16.9 Å². The number of likely N-dealkylation sites (tertiary alicyclic amines) is 1. The number of aliphatic carboxylic acids is 1. The van der Waals surface area contributed by atoms with Crippen LogP contribution in [0.3, 0.4) is 0 Å². The molecular weight excluding hydrogens is 568 g/mol. The number of amides is 1. The number of carbonyl (C=O) groups is 2. The number of anilines is 1. The van der Waals surface area contributed by atoms with E-state index in [2.05, 4.69) is 15.1 Å². The molecule has 0 saturated carbocycles. The molecule has 0 spiro atoms. The second kappa shape index (κ2) is 10.8. The highest BCUT2D eigenvalue weighted by atomic mass is 32.1. The number of hydrogen-bond donors (Lipinski definition) is 2. The van der Waals surface area contributed by atoms with Gasteiger partial charge < -0.3 is 20.2 Å². The fraction of sp³-hybridized carbons (Fsp3) is 0.269. The minimum absolute atomic E-state index is 0.114. The van der Waals surface area contributed by atoms with E-state index in [0.29, 0.717) is 21.9 Å². The zero-order valence-corrected chi connectivity index (χ0v) is 22.2. The van der Waals surface area contributed by atoms with Crippen molar-refractivity contribution in [3.8, 4) is 22.5 Å². The molecule has 214 valence electrons. The maximum absolute atomic E-state index is 14.1. The van der Waals surface area contributed by atoms with Gasteiger partial charge in [0.2, 0.25) is 11.9 Å². The summed E-state index contributed by atoms with van der Waals surface area (Å²) in [6.45, 7) is 3.08. The van der Waals surface area contributed by atoms with Crippen molar-refractivity contribution in [2.45, 2.75) is 32.0 Å². The minimum Gasteiger partial charge on any atom is -0.475 e. The number of pyridine rings is 2. The minimum atomic E-state index is -5.08. The largest absolute Gasteiger partial charge is 0.490 e. The number of fused-ring (bicyclic) bond motifs is 2. The van der Waals surface area contributed by atoms with Gasteiger partial charge in [-0.25, -0.2) is 14.8 Å². The number of nitrogens with zero attached hydrogens (tertiary/aromatic N) is 5. The second-order valence-electron chi connectivity index (χ2n) is 9.29. The summed E-state index contributed by atoms with van der Waals surface area (Å²) in [7, 11) is 0. The Morgan fingerprint density at radius 2 is 1.85 bits per heavy atom. The Morgan fingerprint density at radius 1 is 1.15 bits per heavy atom. The van der Waals surface area contributed by atoms with Crippen molar-refractivity contribution in [1.29, 1.82) is 0 Å². The summed E-state index contributed by atoms with van der Waals surface area (Å²) in [5.74, 6) is -2.25. The first kappa shape index (κ1) is 28.0. The van der Waals surface area contributed by atoms with Crippen LogP contribution < -0.4 is 5.73 Å². The van der Waals surface area contributed by atoms with Gasteiger partial charge in [-0.3, -0.25) is 9.48 Å². The maximum atomic E-state index is 14.1. The van der Waals surface area contributed by atoms with Gasteiger partial charge in [0.1, 0.15) is 5.76 Å². The molecule has 15 heteroatoms. The van der Waals surface area contributed by atoms with E-state index in [9.17, 15) is 22.4 Å². The fourth-order valence-corrected chi connectivity index (χ4v) is 5.58. The number of furan rings is 1. The van der Waals surface area contributed by atoms with Crippen molar-refractivity contribution in [3.05, 3.63) is 48.2 Å². The zero-order chi connectivity index (χ0) is 29.5. The Balaban J connectivity index is 0.000000431. The first-order chi connectivity index (χ1) is 19.4. The molecule has 1 saturated heterocycles. The van der Waals surface area contributed by atoms with Gasteiger partial charge in [-0.1, -0.05) is 0 Å². The van der Waals surface area contributed by atoms with Crippen LogP contribution in [0.1, 0.15) is 25.8 Å². The molecule has 0 radical (unpaired) electrons. The lowest BCUT2D eigenvalue weighted by Crippen LogP contribution is -2.37. The second-order valence-corrected chi connectivity index (χ2v) is 10.2. The molecular formula is C26H22F4N6O4S. The molecule has 0 bridgehead atoms. The van der Waals surface area contributed by atoms with Crippen LogP contribution in [-0.2, 0) is 9.59 Å². The number of carboxylic acid groups (broad SMARTS) is 1. The Morgan fingerprint density at radius 3 is 2.51 bits per heavy atom. The summed E-state index contributed by atoms with van der Waals surface area (Å²) < 4.78 is 54.4. The number of halogens is 4. The molecule has 1 aliphatic heterocycles. The molecule has 6 heterocycles. The number of piperidine rings is 1. The summed E-state index contributed by atoms with van der Waals surface area (Å²) in [5.41, 5.74) is 9.19. The topological polar surface area (TPSA) is 140 Å². The first-order valence-corrected chi connectivity index (χ1v) is 13.1. The van der Waals surface area contributed by atoms with Crippen LogP contribution in [0.2, 0.25) is 0 Å². The van der Waals surface area contributed by atoms with Gasteiger partial charge >= 0.3 is 12.1 Å². The molecule has 10 nitrogen and oxygen atoms in total. The SMILES string of the molecule is CC(=O)N1CCC(n2cc(-c3cnc(N)c4oc(-c5csc6c(F)nccc56)cc34)cn2)CC1.O=C(O)C(F)(F)F. The highest BCUT2D eigenvalue weighted by molar-refractivity contribution is 7.17. The van der Waals surface area contributed by atoms with E-state index in [1.165, 1.54) is 17.5 Å². The molecule has 1 aliphatic rings. The van der Waals surface area contributed by atoms with Crippen molar-refractivity contribution in [3.63, 3.8) is 0 Å². The van der Waals surface area contributed by atoms with Gasteiger partial charge in [-0.2, -0.15) is 22.7 Å². The molecule has 1 amide bonds. The number of hydrogen-bond acceptors (Lipinski definition) is 8. The molecule has 5 aromatic rings. The lowest BCUT2D eigenvalue weighted by Gasteiger charge is -2.31. The van der Waals surface area contributed by atoms with E-state index < -0.39 is 18.1 Å². The van der Waals surface area contributed by atoms with Crippen LogP contribution >= 0.6 is 11.3 Å². The zero-order valence-electron chi connectivity index (χ0n) is 21.4. The van der Waals surface area contributed by atoms with E-state index in [4.69, 9.17) is 20.1 Å². The highest BCUT2D eigenvalue weighted by Crippen LogP contribution is 2.41. The van der Waals surface area contributed by atoms with Crippen LogP contribution in [0.15, 0.2) is 46.7 Å².